The topological polar surface area (TPSA) is 85.0 Å². The molecule has 0 radical (unpaired) electrons. The zero-order valence-electron chi connectivity index (χ0n) is 17.0. The highest BCUT2D eigenvalue weighted by Gasteiger charge is 2.32. The molecule has 0 bridgehead atoms. The monoisotopic (exact) mass is 446 g/mol. The van der Waals surface area contributed by atoms with Gasteiger partial charge in [-0.05, 0) is 62.9 Å². The van der Waals surface area contributed by atoms with Crippen LogP contribution >= 0.6 is 24.0 Å². The number of nitrogens with two attached hydrogens (primary N) is 1. The van der Waals surface area contributed by atoms with Crippen LogP contribution in [0.2, 0.25) is 5.02 Å². The van der Waals surface area contributed by atoms with Crippen LogP contribution in [0.4, 0.5) is 5.69 Å². The van der Waals surface area contributed by atoms with Crippen molar-refractivity contribution in [2.45, 2.75) is 58.0 Å². The first-order valence-electron chi connectivity index (χ1n) is 10.3. The van der Waals surface area contributed by atoms with Crippen LogP contribution in [-0.2, 0) is 11.2 Å². The first-order chi connectivity index (χ1) is 13.5. The van der Waals surface area contributed by atoms with Crippen LogP contribution in [0.25, 0.3) is 0 Å². The summed E-state index contributed by atoms with van der Waals surface area (Å²) in [7, 11) is 0. The lowest BCUT2D eigenvalue weighted by atomic mass is 9.89. The number of aliphatic carboxylic acids is 1. The van der Waals surface area contributed by atoms with Gasteiger partial charge in [0.1, 0.15) is 6.61 Å². The summed E-state index contributed by atoms with van der Waals surface area (Å²) >= 11 is 6.29. The molecule has 0 spiro atoms. The number of likely N-dealkylation sites (tertiary alicyclic amines) is 1. The van der Waals surface area contributed by atoms with Gasteiger partial charge in [-0.15, -0.1) is 12.4 Å². The maximum absolute atomic E-state index is 11.2. The fourth-order valence-corrected chi connectivity index (χ4v) is 4.26. The lowest BCUT2D eigenvalue weighted by molar-refractivity contribution is -0.147. The summed E-state index contributed by atoms with van der Waals surface area (Å²) in [5.74, 6) is 0.310. The summed E-state index contributed by atoms with van der Waals surface area (Å²) in [6.45, 7) is 5.67. The summed E-state index contributed by atoms with van der Waals surface area (Å²) in [6.07, 6.45) is 7.27. The van der Waals surface area contributed by atoms with Crippen LogP contribution in [0.5, 0.6) is 11.5 Å². The minimum atomic E-state index is -1.07. The first kappa shape index (κ1) is 23.9. The van der Waals surface area contributed by atoms with Crippen molar-refractivity contribution < 1.29 is 19.4 Å². The van der Waals surface area contributed by atoms with E-state index in [2.05, 4.69) is 11.8 Å². The molecule has 2 aliphatic heterocycles. The highest BCUT2D eigenvalue weighted by Crippen LogP contribution is 2.45. The van der Waals surface area contributed by atoms with E-state index in [1.165, 1.54) is 32.2 Å². The number of unbranched alkanes of at least 4 members (excludes halogenated alkanes) is 3. The predicted molar refractivity (Wildman–Crippen MR) is 118 cm³/mol. The Morgan fingerprint density at radius 3 is 2.66 bits per heavy atom. The van der Waals surface area contributed by atoms with Gasteiger partial charge >= 0.3 is 5.97 Å². The lowest BCUT2D eigenvalue weighted by Crippen LogP contribution is -2.37. The van der Waals surface area contributed by atoms with E-state index in [1.807, 2.05) is 6.07 Å². The van der Waals surface area contributed by atoms with Gasteiger partial charge in [-0.2, -0.15) is 0 Å². The van der Waals surface area contributed by atoms with E-state index in [1.54, 1.807) is 0 Å². The van der Waals surface area contributed by atoms with Gasteiger partial charge < -0.3 is 25.2 Å². The Kier molecular flexibility index (Phi) is 9.18. The molecule has 164 valence electrons. The highest BCUT2D eigenvalue weighted by molar-refractivity contribution is 6.33. The molecule has 3 N–H and O–H groups in total. The third-order valence-electron chi connectivity index (χ3n) is 5.76. The van der Waals surface area contributed by atoms with Gasteiger partial charge in [-0.1, -0.05) is 37.8 Å². The number of carbonyl (C=O) groups is 1. The Hall–Kier alpha value is -1.37. The summed E-state index contributed by atoms with van der Waals surface area (Å²) < 4.78 is 11.3. The Morgan fingerprint density at radius 1 is 1.28 bits per heavy atom. The molecule has 0 aliphatic carbocycles. The van der Waals surface area contributed by atoms with Crippen LogP contribution in [0.3, 0.4) is 0 Å². The van der Waals surface area contributed by atoms with Crippen molar-refractivity contribution in [3.8, 4) is 11.5 Å². The minimum Gasteiger partial charge on any atom is -0.485 e. The van der Waals surface area contributed by atoms with Gasteiger partial charge in [0.2, 0.25) is 6.10 Å². The van der Waals surface area contributed by atoms with Gasteiger partial charge in [0.15, 0.2) is 11.5 Å². The van der Waals surface area contributed by atoms with Gasteiger partial charge in [-0.3, -0.25) is 0 Å². The molecule has 1 atom stereocenters. The van der Waals surface area contributed by atoms with Crippen molar-refractivity contribution in [1.82, 2.24) is 4.90 Å². The van der Waals surface area contributed by atoms with Crippen LogP contribution < -0.4 is 15.2 Å². The molecule has 1 aromatic carbocycles. The molecule has 29 heavy (non-hydrogen) atoms. The van der Waals surface area contributed by atoms with Gasteiger partial charge in [0.05, 0.1) is 10.7 Å². The number of hydrogen-bond acceptors (Lipinski definition) is 5. The van der Waals surface area contributed by atoms with Crippen molar-refractivity contribution in [2.75, 3.05) is 32.0 Å². The average Bonchev–Trinajstić information content (AvgIpc) is 2.70. The maximum Gasteiger partial charge on any atom is 0.348 e. The Labute approximate surface area is 184 Å². The molecule has 0 saturated carbocycles. The lowest BCUT2D eigenvalue weighted by Gasteiger charge is -2.33. The first-order valence-corrected chi connectivity index (χ1v) is 10.7. The SMILES string of the molecule is CCCCCCN1CCC(Cc2cc(Cl)c(N)c3c2OCC(C(=O)O)O3)CC1.Cl. The second-order valence-corrected chi connectivity index (χ2v) is 8.30. The zero-order valence-corrected chi connectivity index (χ0v) is 18.6. The maximum atomic E-state index is 11.2. The average molecular weight is 447 g/mol. The largest absolute Gasteiger partial charge is 0.485 e. The molecule has 0 aromatic heterocycles. The molecule has 1 fully saturated rings. The highest BCUT2D eigenvalue weighted by atomic mass is 35.5. The Balaban J connectivity index is 0.00000300. The molecular formula is C21H32Cl2N2O4. The number of benzene rings is 1. The normalized spacial score (nSPS) is 19.6. The number of nitrogen functional groups attached to an aromatic ring is 1. The molecule has 6 nitrogen and oxygen atoms in total. The molecule has 2 aliphatic rings. The number of hydrogen-bond donors (Lipinski definition) is 2. The van der Waals surface area contributed by atoms with Gasteiger partial charge in [0, 0.05) is 0 Å². The second-order valence-electron chi connectivity index (χ2n) is 7.89. The summed E-state index contributed by atoms with van der Waals surface area (Å²) in [6, 6.07) is 1.84. The molecule has 2 heterocycles. The van der Waals surface area contributed by atoms with Gasteiger partial charge in [-0.25, -0.2) is 4.79 Å². The third kappa shape index (κ3) is 6.06. The number of anilines is 1. The standard InChI is InChI=1S/C21H31ClN2O4.ClH/c1-2-3-4-5-8-24-9-6-14(7-10-24)11-15-12-16(22)18(23)20-19(15)27-13-17(28-20)21(25)26;/h12,14,17H,2-11,13,23H2,1H3,(H,25,26);1H. The van der Waals surface area contributed by atoms with E-state index in [0.29, 0.717) is 16.7 Å². The predicted octanol–water partition coefficient (Wildman–Crippen LogP) is 4.40. The van der Waals surface area contributed by atoms with E-state index in [-0.39, 0.29) is 30.5 Å². The summed E-state index contributed by atoms with van der Waals surface area (Å²) in [5.41, 5.74) is 7.22. The summed E-state index contributed by atoms with van der Waals surface area (Å²) in [4.78, 5) is 13.8. The number of rotatable bonds is 8. The number of piperidine rings is 1. The second kappa shape index (κ2) is 11.1. The van der Waals surface area contributed by atoms with E-state index in [4.69, 9.17) is 26.8 Å². The Morgan fingerprint density at radius 2 is 2.00 bits per heavy atom. The molecule has 8 heteroatoms. The Bertz CT molecular complexity index is 694. The van der Waals surface area contributed by atoms with Crippen LogP contribution in [-0.4, -0.2) is 48.3 Å². The fraction of sp³-hybridized carbons (Fsp3) is 0.667. The third-order valence-corrected chi connectivity index (χ3v) is 6.07. The van der Waals surface area contributed by atoms with E-state index < -0.39 is 12.1 Å². The number of carboxylic acid groups (broad SMARTS) is 1. The molecule has 1 aromatic rings. The van der Waals surface area contributed by atoms with Crippen LogP contribution in [0.15, 0.2) is 6.07 Å². The molecule has 1 unspecified atom stereocenters. The van der Waals surface area contributed by atoms with E-state index in [0.717, 1.165) is 37.9 Å². The number of nitrogens with zero attached hydrogens (tertiary/aromatic N) is 1. The van der Waals surface area contributed by atoms with Crippen molar-refractivity contribution in [3.63, 3.8) is 0 Å². The van der Waals surface area contributed by atoms with E-state index in [9.17, 15) is 9.90 Å². The van der Waals surface area contributed by atoms with Crippen molar-refractivity contribution >= 4 is 35.7 Å². The molecular weight excluding hydrogens is 415 g/mol. The number of fused-ring (bicyclic) bond motifs is 1. The molecule has 0 amide bonds. The number of ether oxygens (including phenoxy) is 2. The minimum absolute atomic E-state index is 0. The van der Waals surface area contributed by atoms with E-state index >= 15 is 0 Å². The fourth-order valence-electron chi connectivity index (χ4n) is 4.04. The van der Waals surface area contributed by atoms with Crippen LogP contribution in [0, 0.1) is 5.92 Å². The summed E-state index contributed by atoms with van der Waals surface area (Å²) in [5, 5.41) is 9.57. The van der Waals surface area contributed by atoms with Crippen molar-refractivity contribution in [2.24, 2.45) is 5.92 Å². The quantitative estimate of drug-likeness (QED) is 0.454. The van der Waals surface area contributed by atoms with Gasteiger partial charge in [0.25, 0.3) is 0 Å². The molecule has 3 rings (SSSR count). The van der Waals surface area contributed by atoms with Crippen molar-refractivity contribution in [1.29, 1.82) is 0 Å². The van der Waals surface area contributed by atoms with Crippen molar-refractivity contribution in [3.05, 3.63) is 16.7 Å². The smallest absolute Gasteiger partial charge is 0.348 e. The van der Waals surface area contributed by atoms with Crippen LogP contribution in [0.1, 0.15) is 51.0 Å². The number of carboxylic acids is 1. The molecule has 1 saturated heterocycles. The number of halogens is 2. The zero-order chi connectivity index (χ0) is 20.1.